The molecule has 18 heavy (non-hydrogen) atoms. The molecule has 3 nitrogen and oxygen atoms in total. The Hall–Kier alpha value is -1.06. The first-order valence-corrected chi connectivity index (χ1v) is 6.31. The fourth-order valence-electron chi connectivity index (χ4n) is 1.75. The average molecular weight is 252 g/mol. The summed E-state index contributed by atoms with van der Waals surface area (Å²) in [6.45, 7) is 6.43. The van der Waals surface area contributed by atoms with E-state index in [2.05, 4.69) is 26.0 Å². The molecular formula is C15H24O3. The molecule has 0 aliphatic carbocycles. The molecule has 0 saturated heterocycles. The first-order valence-electron chi connectivity index (χ1n) is 6.31. The quantitative estimate of drug-likeness (QED) is 0.666. The second-order valence-electron chi connectivity index (χ2n) is 4.99. The third kappa shape index (κ3) is 4.67. The molecule has 3 heteroatoms. The Morgan fingerprint density at radius 1 is 0.889 bits per heavy atom. The second-order valence-corrected chi connectivity index (χ2v) is 4.99. The van der Waals surface area contributed by atoms with Crippen molar-refractivity contribution in [1.82, 2.24) is 0 Å². The number of hydrogen-bond donors (Lipinski definition) is 0. The highest BCUT2D eigenvalue weighted by molar-refractivity contribution is 5.31. The Balaban J connectivity index is 2.58. The van der Waals surface area contributed by atoms with Gasteiger partial charge in [-0.05, 0) is 29.5 Å². The van der Waals surface area contributed by atoms with Gasteiger partial charge in [-0.25, -0.2) is 0 Å². The monoisotopic (exact) mass is 252 g/mol. The molecule has 0 N–H and O–H groups in total. The lowest BCUT2D eigenvalue weighted by molar-refractivity contribution is 0.146. The van der Waals surface area contributed by atoms with Gasteiger partial charge >= 0.3 is 0 Å². The van der Waals surface area contributed by atoms with Crippen molar-refractivity contribution in [3.8, 4) is 5.75 Å². The van der Waals surface area contributed by atoms with Gasteiger partial charge < -0.3 is 14.2 Å². The number of methoxy groups -OCH3 is 2. The lowest BCUT2D eigenvalue weighted by atomic mass is 9.82. The summed E-state index contributed by atoms with van der Waals surface area (Å²) < 4.78 is 15.6. The van der Waals surface area contributed by atoms with Gasteiger partial charge in [-0.2, -0.15) is 0 Å². The number of ether oxygens (including phenoxy) is 3. The Bertz CT molecular complexity index is 330. The normalized spacial score (nSPS) is 11.6. The predicted molar refractivity (Wildman–Crippen MR) is 73.3 cm³/mol. The van der Waals surface area contributed by atoms with Crippen molar-refractivity contribution in [2.45, 2.75) is 25.7 Å². The van der Waals surface area contributed by atoms with Crippen LogP contribution in [0, 0.1) is 0 Å². The summed E-state index contributed by atoms with van der Waals surface area (Å²) in [6, 6.07) is 8.27. The molecular weight excluding hydrogens is 228 g/mol. The summed E-state index contributed by atoms with van der Waals surface area (Å²) in [5.74, 6) is 0.887. The van der Waals surface area contributed by atoms with Gasteiger partial charge in [-0.3, -0.25) is 0 Å². The van der Waals surface area contributed by atoms with Gasteiger partial charge in [0.05, 0.1) is 6.61 Å². The van der Waals surface area contributed by atoms with Crippen LogP contribution < -0.4 is 4.74 Å². The highest BCUT2D eigenvalue weighted by Gasteiger charge is 2.19. The SMILES string of the molecule is COCCOc1ccc(C(C)(C)CCOC)cc1. The van der Waals surface area contributed by atoms with Gasteiger partial charge in [0.2, 0.25) is 0 Å². The summed E-state index contributed by atoms with van der Waals surface area (Å²) in [5.41, 5.74) is 1.43. The van der Waals surface area contributed by atoms with Crippen molar-refractivity contribution in [1.29, 1.82) is 0 Å². The molecule has 0 atom stereocenters. The summed E-state index contributed by atoms with van der Waals surface area (Å²) in [6.07, 6.45) is 1.01. The predicted octanol–water partition coefficient (Wildman–Crippen LogP) is 3.03. The highest BCUT2D eigenvalue weighted by atomic mass is 16.5. The minimum absolute atomic E-state index is 0.126. The summed E-state index contributed by atoms with van der Waals surface area (Å²) in [7, 11) is 3.41. The molecule has 1 rings (SSSR count). The van der Waals surface area contributed by atoms with E-state index in [-0.39, 0.29) is 5.41 Å². The van der Waals surface area contributed by atoms with E-state index in [1.807, 2.05) is 12.1 Å². The Kier molecular flexibility index (Phi) is 6.16. The topological polar surface area (TPSA) is 27.7 Å². The summed E-state index contributed by atoms with van der Waals surface area (Å²) in [4.78, 5) is 0. The lowest BCUT2D eigenvalue weighted by Crippen LogP contribution is -2.19. The van der Waals surface area contributed by atoms with E-state index in [0.717, 1.165) is 18.8 Å². The Labute approximate surface area is 110 Å². The molecule has 0 spiro atoms. The number of hydrogen-bond acceptors (Lipinski definition) is 3. The van der Waals surface area contributed by atoms with Crippen LogP contribution in [-0.2, 0) is 14.9 Å². The van der Waals surface area contributed by atoms with Crippen LogP contribution in [0.2, 0.25) is 0 Å². The van der Waals surface area contributed by atoms with Crippen molar-refractivity contribution in [3.63, 3.8) is 0 Å². The number of rotatable bonds is 8. The van der Waals surface area contributed by atoms with Crippen LogP contribution in [0.15, 0.2) is 24.3 Å². The molecule has 0 bridgehead atoms. The van der Waals surface area contributed by atoms with Crippen LogP contribution in [0.1, 0.15) is 25.8 Å². The minimum atomic E-state index is 0.126. The van der Waals surface area contributed by atoms with E-state index < -0.39 is 0 Å². The molecule has 0 amide bonds. The maximum atomic E-state index is 5.55. The van der Waals surface area contributed by atoms with Crippen molar-refractivity contribution in [3.05, 3.63) is 29.8 Å². The van der Waals surface area contributed by atoms with Crippen molar-refractivity contribution < 1.29 is 14.2 Å². The molecule has 0 radical (unpaired) electrons. The lowest BCUT2D eigenvalue weighted by Gasteiger charge is -2.25. The first kappa shape index (κ1) is 15.0. The summed E-state index contributed by atoms with van der Waals surface area (Å²) in [5, 5.41) is 0. The van der Waals surface area contributed by atoms with E-state index >= 15 is 0 Å². The Morgan fingerprint density at radius 2 is 1.50 bits per heavy atom. The fraction of sp³-hybridized carbons (Fsp3) is 0.600. The summed E-state index contributed by atoms with van der Waals surface area (Å²) >= 11 is 0. The minimum Gasteiger partial charge on any atom is -0.491 e. The Morgan fingerprint density at radius 3 is 2.06 bits per heavy atom. The second kappa shape index (κ2) is 7.39. The molecule has 0 aliphatic rings. The maximum absolute atomic E-state index is 5.55. The van der Waals surface area contributed by atoms with Gasteiger partial charge in [-0.1, -0.05) is 26.0 Å². The van der Waals surface area contributed by atoms with Gasteiger partial charge in [0.1, 0.15) is 12.4 Å². The van der Waals surface area contributed by atoms with Crippen LogP contribution in [0.5, 0.6) is 5.75 Å². The molecule has 1 aromatic rings. The highest BCUT2D eigenvalue weighted by Crippen LogP contribution is 2.28. The van der Waals surface area contributed by atoms with Gasteiger partial charge in [0.25, 0.3) is 0 Å². The van der Waals surface area contributed by atoms with Crippen LogP contribution in [-0.4, -0.2) is 34.0 Å². The third-order valence-electron chi connectivity index (χ3n) is 3.12. The van der Waals surface area contributed by atoms with Crippen LogP contribution >= 0.6 is 0 Å². The smallest absolute Gasteiger partial charge is 0.119 e. The molecule has 1 aromatic carbocycles. The number of benzene rings is 1. The molecule has 102 valence electrons. The molecule has 0 heterocycles. The van der Waals surface area contributed by atoms with E-state index in [1.165, 1.54) is 5.56 Å². The van der Waals surface area contributed by atoms with Gasteiger partial charge in [0, 0.05) is 20.8 Å². The van der Waals surface area contributed by atoms with Crippen molar-refractivity contribution in [2.75, 3.05) is 34.0 Å². The van der Waals surface area contributed by atoms with Crippen LogP contribution in [0.25, 0.3) is 0 Å². The zero-order chi connectivity index (χ0) is 13.4. The van der Waals surface area contributed by atoms with Gasteiger partial charge in [0.15, 0.2) is 0 Å². The third-order valence-corrected chi connectivity index (χ3v) is 3.12. The zero-order valence-corrected chi connectivity index (χ0v) is 11.9. The van der Waals surface area contributed by atoms with Crippen molar-refractivity contribution in [2.24, 2.45) is 0 Å². The van der Waals surface area contributed by atoms with E-state index in [9.17, 15) is 0 Å². The zero-order valence-electron chi connectivity index (χ0n) is 11.9. The first-order chi connectivity index (χ1) is 8.60. The molecule has 0 saturated carbocycles. The fourth-order valence-corrected chi connectivity index (χ4v) is 1.75. The average Bonchev–Trinajstić information content (AvgIpc) is 2.37. The van der Waals surface area contributed by atoms with Gasteiger partial charge in [-0.15, -0.1) is 0 Å². The molecule has 0 unspecified atom stereocenters. The molecule has 0 fully saturated rings. The van der Waals surface area contributed by atoms with E-state index in [1.54, 1.807) is 14.2 Å². The van der Waals surface area contributed by atoms with E-state index in [0.29, 0.717) is 13.2 Å². The standard InChI is InChI=1S/C15H24O3/c1-15(2,9-10-16-3)13-5-7-14(8-6-13)18-12-11-17-4/h5-8H,9-12H2,1-4H3. The van der Waals surface area contributed by atoms with Crippen LogP contribution in [0.3, 0.4) is 0 Å². The maximum Gasteiger partial charge on any atom is 0.119 e. The van der Waals surface area contributed by atoms with Crippen molar-refractivity contribution >= 4 is 0 Å². The largest absolute Gasteiger partial charge is 0.491 e. The van der Waals surface area contributed by atoms with E-state index in [4.69, 9.17) is 14.2 Å². The molecule has 0 aliphatic heterocycles. The molecule has 0 aromatic heterocycles. The van der Waals surface area contributed by atoms with Crippen LogP contribution in [0.4, 0.5) is 0 Å².